The van der Waals surface area contributed by atoms with Gasteiger partial charge >= 0.3 is 0 Å². The van der Waals surface area contributed by atoms with Crippen molar-refractivity contribution in [1.82, 2.24) is 19.7 Å². The second-order valence-corrected chi connectivity index (χ2v) is 6.79. The van der Waals surface area contributed by atoms with Gasteiger partial charge in [-0.25, -0.2) is 9.97 Å². The summed E-state index contributed by atoms with van der Waals surface area (Å²) in [5.74, 6) is 1.46. The molecular weight excluding hydrogens is 344 g/mol. The third-order valence-electron chi connectivity index (χ3n) is 4.83. The zero-order valence-electron chi connectivity index (χ0n) is 15.2. The number of hydrogen-bond acceptors (Lipinski definition) is 6. The molecule has 0 bridgehead atoms. The summed E-state index contributed by atoms with van der Waals surface area (Å²) in [4.78, 5) is 22.0. The number of nitrogens with zero attached hydrogens (tertiary/aromatic N) is 6. The Morgan fingerprint density at radius 1 is 1.22 bits per heavy atom. The lowest BCUT2D eigenvalue weighted by Gasteiger charge is -2.25. The van der Waals surface area contributed by atoms with Gasteiger partial charge < -0.3 is 4.90 Å². The molecule has 3 aromatic rings. The van der Waals surface area contributed by atoms with Crippen molar-refractivity contribution in [2.45, 2.75) is 25.8 Å². The number of anilines is 1. The lowest BCUT2D eigenvalue weighted by molar-refractivity contribution is -0.384. The highest BCUT2D eigenvalue weighted by Gasteiger charge is 2.28. The molecule has 1 aliphatic heterocycles. The molecule has 0 spiro atoms. The minimum atomic E-state index is -0.408. The van der Waals surface area contributed by atoms with Gasteiger partial charge in [0.1, 0.15) is 5.82 Å². The maximum atomic E-state index is 10.9. The fourth-order valence-electron chi connectivity index (χ4n) is 3.56. The second-order valence-electron chi connectivity index (χ2n) is 6.79. The molecule has 1 aromatic carbocycles. The number of nitro groups is 1. The number of nitro benzene ring substituents is 1. The average Bonchev–Trinajstić information content (AvgIpc) is 3.30. The summed E-state index contributed by atoms with van der Waals surface area (Å²) in [6.07, 6.45) is 6.11. The average molecular weight is 364 g/mol. The molecule has 1 atom stereocenters. The SMILES string of the molecule is Cc1cc(N2CCCC2c2cnn(C)c2)nc(-c2ccc([N+](=O)[O-])cc2)n1. The van der Waals surface area contributed by atoms with E-state index in [-0.39, 0.29) is 11.7 Å². The predicted molar refractivity (Wildman–Crippen MR) is 101 cm³/mol. The van der Waals surface area contributed by atoms with E-state index in [0.29, 0.717) is 5.82 Å². The molecule has 0 amide bonds. The molecular formula is C19H20N6O2. The molecule has 27 heavy (non-hydrogen) atoms. The molecule has 2 aromatic heterocycles. The van der Waals surface area contributed by atoms with Gasteiger partial charge in [0.25, 0.3) is 5.69 Å². The minimum Gasteiger partial charge on any atom is -0.349 e. The van der Waals surface area contributed by atoms with E-state index in [1.165, 1.54) is 17.7 Å². The highest BCUT2D eigenvalue weighted by Crippen LogP contribution is 2.35. The van der Waals surface area contributed by atoms with Crippen LogP contribution < -0.4 is 4.90 Å². The molecule has 8 nitrogen and oxygen atoms in total. The fourth-order valence-corrected chi connectivity index (χ4v) is 3.56. The third kappa shape index (κ3) is 3.38. The standard InChI is InChI=1S/C19H20N6O2/c1-13-10-18(24-9-3-4-17(24)15-11-20-23(2)12-15)22-19(21-13)14-5-7-16(8-6-14)25(26)27/h5-8,10-12,17H,3-4,9H2,1-2H3. The van der Waals surface area contributed by atoms with Gasteiger partial charge in [-0.3, -0.25) is 14.8 Å². The molecule has 4 rings (SSSR count). The first-order valence-corrected chi connectivity index (χ1v) is 8.87. The molecule has 0 saturated carbocycles. The van der Waals surface area contributed by atoms with Crippen LogP contribution in [0.15, 0.2) is 42.7 Å². The van der Waals surface area contributed by atoms with Gasteiger partial charge in [0.15, 0.2) is 5.82 Å². The summed E-state index contributed by atoms with van der Waals surface area (Å²) < 4.78 is 1.82. The van der Waals surface area contributed by atoms with Crippen LogP contribution in [0.25, 0.3) is 11.4 Å². The van der Waals surface area contributed by atoms with Crippen molar-refractivity contribution in [2.75, 3.05) is 11.4 Å². The van der Waals surface area contributed by atoms with Crippen molar-refractivity contribution < 1.29 is 4.92 Å². The van der Waals surface area contributed by atoms with Gasteiger partial charge in [0, 0.05) is 54.8 Å². The van der Waals surface area contributed by atoms with E-state index in [1.807, 2.05) is 37.1 Å². The Labute approximate surface area is 156 Å². The predicted octanol–water partition coefficient (Wildman–Crippen LogP) is 3.44. The number of aryl methyl sites for hydroxylation is 2. The van der Waals surface area contributed by atoms with Crippen molar-refractivity contribution >= 4 is 11.5 Å². The van der Waals surface area contributed by atoms with Crippen LogP contribution in [0.2, 0.25) is 0 Å². The Balaban J connectivity index is 1.68. The van der Waals surface area contributed by atoms with E-state index in [1.54, 1.807) is 12.1 Å². The van der Waals surface area contributed by atoms with Gasteiger partial charge in [-0.05, 0) is 31.9 Å². The Morgan fingerprint density at radius 2 is 2.00 bits per heavy atom. The summed E-state index contributed by atoms with van der Waals surface area (Å²) >= 11 is 0. The van der Waals surface area contributed by atoms with E-state index >= 15 is 0 Å². The lowest BCUT2D eigenvalue weighted by Crippen LogP contribution is -2.23. The molecule has 1 saturated heterocycles. The van der Waals surface area contributed by atoms with Crippen molar-refractivity contribution in [2.24, 2.45) is 7.05 Å². The third-order valence-corrected chi connectivity index (χ3v) is 4.83. The Morgan fingerprint density at radius 3 is 2.67 bits per heavy atom. The topological polar surface area (TPSA) is 90.0 Å². The Bertz CT molecular complexity index is 982. The van der Waals surface area contributed by atoms with Gasteiger partial charge in [0.2, 0.25) is 0 Å². The van der Waals surface area contributed by atoms with Crippen LogP contribution in [0.5, 0.6) is 0 Å². The smallest absolute Gasteiger partial charge is 0.269 e. The molecule has 8 heteroatoms. The van der Waals surface area contributed by atoms with E-state index in [0.717, 1.165) is 36.5 Å². The summed E-state index contributed by atoms with van der Waals surface area (Å²) in [6, 6.07) is 8.59. The van der Waals surface area contributed by atoms with E-state index in [9.17, 15) is 10.1 Å². The molecule has 138 valence electrons. The monoisotopic (exact) mass is 364 g/mol. The Kier molecular flexibility index (Phi) is 4.31. The van der Waals surface area contributed by atoms with Crippen molar-refractivity contribution in [3.63, 3.8) is 0 Å². The summed E-state index contributed by atoms with van der Waals surface area (Å²) in [5.41, 5.74) is 2.87. The molecule has 1 fully saturated rings. The summed E-state index contributed by atoms with van der Waals surface area (Å²) in [5, 5.41) is 15.2. The number of aromatic nitrogens is 4. The van der Waals surface area contributed by atoms with Crippen LogP contribution in [-0.2, 0) is 7.05 Å². The summed E-state index contributed by atoms with van der Waals surface area (Å²) in [7, 11) is 1.92. The van der Waals surface area contributed by atoms with Crippen LogP contribution in [0.4, 0.5) is 11.5 Å². The first-order valence-electron chi connectivity index (χ1n) is 8.87. The van der Waals surface area contributed by atoms with Crippen molar-refractivity contribution in [3.05, 3.63) is 64.1 Å². The number of benzene rings is 1. The van der Waals surface area contributed by atoms with Gasteiger partial charge in [-0.2, -0.15) is 5.10 Å². The normalized spacial score (nSPS) is 16.7. The van der Waals surface area contributed by atoms with Crippen LogP contribution in [0, 0.1) is 17.0 Å². The van der Waals surface area contributed by atoms with Crippen LogP contribution >= 0.6 is 0 Å². The minimum absolute atomic E-state index is 0.0582. The number of rotatable bonds is 4. The van der Waals surface area contributed by atoms with Crippen LogP contribution in [-0.4, -0.2) is 31.2 Å². The molecule has 0 aliphatic carbocycles. The zero-order chi connectivity index (χ0) is 19.0. The van der Waals surface area contributed by atoms with Gasteiger partial charge in [-0.15, -0.1) is 0 Å². The van der Waals surface area contributed by atoms with E-state index < -0.39 is 4.92 Å². The van der Waals surface area contributed by atoms with Gasteiger partial charge in [0.05, 0.1) is 17.2 Å². The van der Waals surface area contributed by atoms with Crippen LogP contribution in [0.3, 0.4) is 0 Å². The highest BCUT2D eigenvalue weighted by molar-refractivity contribution is 5.60. The quantitative estimate of drug-likeness (QED) is 0.520. The molecule has 0 N–H and O–H groups in total. The maximum absolute atomic E-state index is 10.9. The molecule has 3 heterocycles. The molecule has 1 unspecified atom stereocenters. The first kappa shape index (κ1) is 17.1. The molecule has 1 aliphatic rings. The molecule has 0 radical (unpaired) electrons. The number of hydrogen-bond donors (Lipinski definition) is 0. The highest BCUT2D eigenvalue weighted by atomic mass is 16.6. The largest absolute Gasteiger partial charge is 0.349 e. The fraction of sp³-hybridized carbons (Fsp3) is 0.316. The lowest BCUT2D eigenvalue weighted by atomic mass is 10.1. The van der Waals surface area contributed by atoms with Crippen molar-refractivity contribution in [1.29, 1.82) is 0 Å². The first-order chi connectivity index (χ1) is 13.0. The second kappa shape index (κ2) is 6.79. The van der Waals surface area contributed by atoms with E-state index in [4.69, 9.17) is 4.98 Å². The van der Waals surface area contributed by atoms with Crippen molar-refractivity contribution in [3.8, 4) is 11.4 Å². The van der Waals surface area contributed by atoms with Crippen LogP contribution in [0.1, 0.15) is 30.1 Å². The summed E-state index contributed by atoms with van der Waals surface area (Å²) in [6.45, 7) is 2.87. The van der Waals surface area contributed by atoms with E-state index in [2.05, 4.69) is 15.0 Å². The number of non-ortho nitro benzene ring substituents is 1. The van der Waals surface area contributed by atoms with Gasteiger partial charge in [-0.1, -0.05) is 0 Å². The maximum Gasteiger partial charge on any atom is 0.269 e. The zero-order valence-corrected chi connectivity index (χ0v) is 15.2. The Hall–Kier alpha value is -3.29.